The summed E-state index contributed by atoms with van der Waals surface area (Å²) < 4.78 is 0. The van der Waals surface area contributed by atoms with Crippen molar-refractivity contribution in [1.82, 2.24) is 9.97 Å². The molecule has 0 aliphatic rings. The normalized spacial score (nSPS) is 10.8. The molecule has 156 valence electrons. The second-order valence-electron chi connectivity index (χ2n) is 7.24. The molecule has 0 bridgehead atoms. The van der Waals surface area contributed by atoms with Crippen LogP contribution in [-0.2, 0) is 0 Å². The van der Waals surface area contributed by atoms with Crippen molar-refractivity contribution >= 4 is 34.3 Å². The van der Waals surface area contributed by atoms with Crippen molar-refractivity contribution in [1.29, 1.82) is 0 Å². The minimum absolute atomic E-state index is 0.150. The van der Waals surface area contributed by atoms with Gasteiger partial charge in [-0.2, -0.15) is 0 Å². The summed E-state index contributed by atoms with van der Waals surface area (Å²) in [6.45, 7) is 1.87. The standard InChI is InChI=1S/C26H19N3OS2/c1-17-23(32-26(27-17)19-11-6-3-7-12-19)24(30)28-21-14-8-13-20(15-21)22-16-31-25(29-22)18-9-4-2-5-10-18/h2-16H,1H3,(H,28,30). The third-order valence-corrected chi connectivity index (χ3v) is 7.06. The lowest BCUT2D eigenvalue weighted by Crippen LogP contribution is -2.11. The van der Waals surface area contributed by atoms with Gasteiger partial charge in [-0.3, -0.25) is 4.79 Å². The van der Waals surface area contributed by atoms with E-state index in [9.17, 15) is 4.79 Å². The highest BCUT2D eigenvalue weighted by Crippen LogP contribution is 2.31. The molecule has 0 fully saturated rings. The lowest BCUT2D eigenvalue weighted by Gasteiger charge is -2.06. The van der Waals surface area contributed by atoms with Crippen LogP contribution in [0.4, 0.5) is 5.69 Å². The molecule has 0 spiro atoms. The van der Waals surface area contributed by atoms with E-state index in [1.54, 1.807) is 11.3 Å². The van der Waals surface area contributed by atoms with E-state index < -0.39 is 0 Å². The Morgan fingerprint density at radius 1 is 0.781 bits per heavy atom. The smallest absolute Gasteiger partial charge is 0.267 e. The highest BCUT2D eigenvalue weighted by molar-refractivity contribution is 7.17. The van der Waals surface area contributed by atoms with Gasteiger partial charge in [0, 0.05) is 27.8 Å². The Hall–Kier alpha value is -3.61. The molecular weight excluding hydrogens is 434 g/mol. The fourth-order valence-electron chi connectivity index (χ4n) is 3.38. The van der Waals surface area contributed by atoms with E-state index >= 15 is 0 Å². The lowest BCUT2D eigenvalue weighted by molar-refractivity contribution is 0.103. The van der Waals surface area contributed by atoms with E-state index in [0.29, 0.717) is 4.88 Å². The number of amides is 1. The minimum atomic E-state index is -0.150. The summed E-state index contributed by atoms with van der Waals surface area (Å²) in [6.07, 6.45) is 0. The molecule has 0 aliphatic heterocycles. The number of hydrogen-bond acceptors (Lipinski definition) is 5. The molecule has 1 amide bonds. The first-order chi connectivity index (χ1) is 15.7. The molecule has 0 aliphatic carbocycles. The van der Waals surface area contributed by atoms with Crippen LogP contribution < -0.4 is 5.32 Å². The summed E-state index contributed by atoms with van der Waals surface area (Å²) in [4.78, 5) is 22.9. The van der Waals surface area contributed by atoms with Crippen LogP contribution in [0.1, 0.15) is 15.4 Å². The maximum absolute atomic E-state index is 13.0. The van der Waals surface area contributed by atoms with E-state index in [1.807, 2.05) is 85.1 Å². The Bertz CT molecular complexity index is 1370. The van der Waals surface area contributed by atoms with Gasteiger partial charge in [0.05, 0.1) is 11.4 Å². The van der Waals surface area contributed by atoms with Gasteiger partial charge in [0.25, 0.3) is 5.91 Å². The molecule has 5 rings (SSSR count). The third kappa shape index (κ3) is 4.23. The number of aromatic nitrogens is 2. The van der Waals surface area contributed by atoms with Crippen LogP contribution in [-0.4, -0.2) is 15.9 Å². The molecule has 0 atom stereocenters. The highest BCUT2D eigenvalue weighted by Gasteiger charge is 2.17. The van der Waals surface area contributed by atoms with E-state index in [0.717, 1.165) is 43.8 Å². The van der Waals surface area contributed by atoms with Gasteiger partial charge in [-0.15, -0.1) is 22.7 Å². The summed E-state index contributed by atoms with van der Waals surface area (Å²) in [5.41, 5.74) is 5.44. The van der Waals surface area contributed by atoms with E-state index in [2.05, 4.69) is 22.4 Å². The molecule has 32 heavy (non-hydrogen) atoms. The monoisotopic (exact) mass is 453 g/mol. The Kier molecular flexibility index (Phi) is 5.62. The summed E-state index contributed by atoms with van der Waals surface area (Å²) in [5.74, 6) is -0.150. The molecule has 0 saturated carbocycles. The molecule has 6 heteroatoms. The number of hydrogen-bond donors (Lipinski definition) is 1. The summed E-state index contributed by atoms with van der Waals surface area (Å²) in [5, 5.41) is 6.88. The molecule has 5 aromatic rings. The number of nitrogens with zero attached hydrogens (tertiary/aromatic N) is 2. The zero-order valence-electron chi connectivity index (χ0n) is 17.3. The van der Waals surface area contributed by atoms with Gasteiger partial charge < -0.3 is 5.32 Å². The molecule has 3 aromatic carbocycles. The number of carbonyl (C=O) groups is 1. The summed E-state index contributed by atoms with van der Waals surface area (Å²) in [7, 11) is 0. The molecule has 2 heterocycles. The number of benzene rings is 3. The number of thiazole rings is 2. The topological polar surface area (TPSA) is 54.9 Å². The van der Waals surface area contributed by atoms with Crippen LogP contribution in [0, 0.1) is 6.92 Å². The van der Waals surface area contributed by atoms with Crippen LogP contribution >= 0.6 is 22.7 Å². The van der Waals surface area contributed by atoms with Crippen molar-refractivity contribution in [2.75, 3.05) is 5.32 Å². The number of anilines is 1. The number of rotatable bonds is 5. The van der Waals surface area contributed by atoms with Crippen molar-refractivity contribution in [3.05, 3.63) is 101 Å². The maximum Gasteiger partial charge on any atom is 0.267 e. The zero-order valence-corrected chi connectivity index (χ0v) is 18.9. The van der Waals surface area contributed by atoms with Gasteiger partial charge in [-0.1, -0.05) is 72.8 Å². The van der Waals surface area contributed by atoms with E-state index in [-0.39, 0.29) is 5.91 Å². The molecule has 0 unspecified atom stereocenters. The Labute approximate surface area is 194 Å². The van der Waals surface area contributed by atoms with Crippen molar-refractivity contribution < 1.29 is 4.79 Å². The highest BCUT2D eigenvalue weighted by atomic mass is 32.1. The molecule has 1 N–H and O–H groups in total. The van der Waals surface area contributed by atoms with Gasteiger partial charge in [0.1, 0.15) is 14.9 Å². The van der Waals surface area contributed by atoms with E-state index in [1.165, 1.54) is 11.3 Å². The van der Waals surface area contributed by atoms with Crippen LogP contribution in [0.2, 0.25) is 0 Å². The van der Waals surface area contributed by atoms with Gasteiger partial charge >= 0.3 is 0 Å². The first kappa shape index (κ1) is 20.3. The first-order valence-corrected chi connectivity index (χ1v) is 11.8. The molecule has 2 aromatic heterocycles. The summed E-state index contributed by atoms with van der Waals surface area (Å²) >= 11 is 3.02. The quantitative estimate of drug-likeness (QED) is 0.307. The van der Waals surface area contributed by atoms with Crippen molar-refractivity contribution in [3.63, 3.8) is 0 Å². The van der Waals surface area contributed by atoms with Crippen molar-refractivity contribution in [2.24, 2.45) is 0 Å². The fourth-order valence-corrected chi connectivity index (χ4v) is 5.18. The number of aryl methyl sites for hydroxylation is 1. The molecule has 4 nitrogen and oxygen atoms in total. The minimum Gasteiger partial charge on any atom is -0.321 e. The largest absolute Gasteiger partial charge is 0.321 e. The Morgan fingerprint density at radius 3 is 2.16 bits per heavy atom. The Morgan fingerprint density at radius 2 is 1.44 bits per heavy atom. The summed E-state index contributed by atoms with van der Waals surface area (Å²) in [6, 6.07) is 27.8. The van der Waals surface area contributed by atoms with Crippen LogP contribution in [0.15, 0.2) is 90.3 Å². The van der Waals surface area contributed by atoms with Gasteiger partial charge in [-0.25, -0.2) is 9.97 Å². The van der Waals surface area contributed by atoms with Crippen molar-refractivity contribution in [3.8, 4) is 32.4 Å². The zero-order chi connectivity index (χ0) is 21.9. The second kappa shape index (κ2) is 8.86. The number of nitrogens with one attached hydrogen (secondary N) is 1. The SMILES string of the molecule is Cc1nc(-c2ccccc2)sc1C(=O)Nc1cccc(-c2csc(-c3ccccc3)n2)c1. The Balaban J connectivity index is 1.36. The molecule has 0 saturated heterocycles. The number of carbonyl (C=O) groups excluding carboxylic acids is 1. The van der Waals surface area contributed by atoms with Gasteiger partial charge in [0.2, 0.25) is 0 Å². The third-order valence-electron chi connectivity index (χ3n) is 4.96. The van der Waals surface area contributed by atoms with Gasteiger partial charge in [0.15, 0.2) is 0 Å². The molecular formula is C26H19N3OS2. The van der Waals surface area contributed by atoms with E-state index in [4.69, 9.17) is 4.98 Å². The maximum atomic E-state index is 13.0. The lowest BCUT2D eigenvalue weighted by atomic mass is 10.1. The predicted octanol–water partition coefficient (Wildman–Crippen LogP) is 7.16. The average molecular weight is 454 g/mol. The molecule has 0 radical (unpaired) electrons. The second-order valence-corrected chi connectivity index (χ2v) is 9.10. The average Bonchev–Trinajstić information content (AvgIpc) is 3.48. The predicted molar refractivity (Wildman–Crippen MR) is 133 cm³/mol. The van der Waals surface area contributed by atoms with Gasteiger partial charge in [-0.05, 0) is 19.1 Å². The fraction of sp³-hybridized carbons (Fsp3) is 0.0385. The van der Waals surface area contributed by atoms with Crippen LogP contribution in [0.3, 0.4) is 0 Å². The first-order valence-electron chi connectivity index (χ1n) is 10.1. The van der Waals surface area contributed by atoms with Crippen LogP contribution in [0.5, 0.6) is 0 Å². The van der Waals surface area contributed by atoms with Crippen LogP contribution in [0.25, 0.3) is 32.4 Å². The van der Waals surface area contributed by atoms with Crippen molar-refractivity contribution in [2.45, 2.75) is 6.92 Å².